The lowest BCUT2D eigenvalue weighted by Gasteiger charge is -2.12. The van der Waals surface area contributed by atoms with Crippen LogP contribution < -0.4 is 9.47 Å². The van der Waals surface area contributed by atoms with Gasteiger partial charge in [-0.05, 0) is 23.8 Å². The van der Waals surface area contributed by atoms with Gasteiger partial charge in [0.15, 0.2) is 11.5 Å². The second-order valence-corrected chi connectivity index (χ2v) is 4.43. The van der Waals surface area contributed by atoms with Crippen LogP contribution in [0.5, 0.6) is 11.5 Å². The van der Waals surface area contributed by atoms with Crippen molar-refractivity contribution in [3.63, 3.8) is 0 Å². The highest BCUT2D eigenvalue weighted by molar-refractivity contribution is 6.32. The van der Waals surface area contributed by atoms with Crippen LogP contribution in [0.3, 0.4) is 0 Å². The average Bonchev–Trinajstić information content (AvgIpc) is 2.96. The van der Waals surface area contributed by atoms with Crippen molar-refractivity contribution < 1.29 is 23.9 Å². The number of hydrogen-bond donors (Lipinski definition) is 1. The van der Waals surface area contributed by atoms with Gasteiger partial charge in [-0.25, -0.2) is 4.79 Å². The Labute approximate surface area is 125 Å². The van der Waals surface area contributed by atoms with Crippen molar-refractivity contribution in [1.29, 1.82) is 0 Å². The smallest absolute Gasteiger partial charge is 0.328 e. The Balaban J connectivity index is 2.22. The van der Waals surface area contributed by atoms with Crippen molar-refractivity contribution >= 4 is 23.6 Å². The van der Waals surface area contributed by atoms with Crippen molar-refractivity contribution in [3.8, 4) is 11.5 Å². The molecule has 1 aromatic carbocycles. The highest BCUT2D eigenvalue weighted by Gasteiger charge is 2.12. The van der Waals surface area contributed by atoms with E-state index in [-0.39, 0.29) is 6.61 Å². The largest absolute Gasteiger partial charge is 0.493 e. The van der Waals surface area contributed by atoms with Crippen LogP contribution in [0.15, 0.2) is 35.2 Å². The summed E-state index contributed by atoms with van der Waals surface area (Å²) in [6.45, 7) is 0.226. The van der Waals surface area contributed by atoms with Gasteiger partial charge in [-0.3, -0.25) is 0 Å². The number of carbonyl (C=O) groups is 1. The molecule has 0 atom stereocenters. The Bertz CT molecular complexity index is 652. The molecule has 2 aromatic rings. The number of carboxylic acids is 1. The summed E-state index contributed by atoms with van der Waals surface area (Å²) in [5.41, 5.74) is 1.35. The van der Waals surface area contributed by atoms with Crippen molar-refractivity contribution in [2.75, 3.05) is 7.11 Å². The minimum Gasteiger partial charge on any atom is -0.493 e. The summed E-state index contributed by atoms with van der Waals surface area (Å²) in [4.78, 5) is 10.5. The molecule has 21 heavy (non-hydrogen) atoms. The molecule has 0 saturated heterocycles. The summed E-state index contributed by atoms with van der Waals surface area (Å²) >= 11 is 6.14. The van der Waals surface area contributed by atoms with E-state index in [1.54, 1.807) is 12.1 Å². The summed E-state index contributed by atoms with van der Waals surface area (Å²) in [7, 11) is 1.47. The van der Waals surface area contributed by atoms with Crippen LogP contribution in [0.4, 0.5) is 0 Å². The quantitative estimate of drug-likeness (QED) is 0.826. The molecule has 2 rings (SSSR count). The average molecular weight is 310 g/mol. The maximum Gasteiger partial charge on any atom is 0.328 e. The molecule has 110 valence electrons. The van der Waals surface area contributed by atoms with Crippen molar-refractivity contribution in [2.45, 2.75) is 6.61 Å². The van der Waals surface area contributed by atoms with Gasteiger partial charge in [-0.1, -0.05) is 16.8 Å². The molecule has 1 aromatic heterocycles. The van der Waals surface area contributed by atoms with Crippen LogP contribution >= 0.6 is 11.6 Å². The van der Waals surface area contributed by atoms with Gasteiger partial charge in [-0.15, -0.1) is 0 Å². The van der Waals surface area contributed by atoms with E-state index in [9.17, 15) is 4.79 Å². The van der Waals surface area contributed by atoms with Crippen molar-refractivity contribution in [1.82, 2.24) is 5.16 Å². The van der Waals surface area contributed by atoms with E-state index in [1.165, 1.54) is 25.6 Å². The van der Waals surface area contributed by atoms with Gasteiger partial charge < -0.3 is 19.1 Å². The van der Waals surface area contributed by atoms with Crippen LogP contribution in [0.25, 0.3) is 6.08 Å². The van der Waals surface area contributed by atoms with Crippen molar-refractivity contribution in [2.24, 2.45) is 0 Å². The van der Waals surface area contributed by atoms with Gasteiger partial charge in [0.1, 0.15) is 12.9 Å². The lowest BCUT2D eigenvalue weighted by Crippen LogP contribution is -1.98. The van der Waals surface area contributed by atoms with Crippen LogP contribution in [0.1, 0.15) is 11.1 Å². The first-order valence-electron chi connectivity index (χ1n) is 5.89. The standard InChI is InChI=1S/C14H12ClNO5/c1-19-12-5-9(2-3-13(17)18)4-11(15)14(12)20-7-10-6-16-21-8-10/h2-6,8H,7H2,1H3,(H,17,18)/b3-2+. The number of aromatic nitrogens is 1. The van der Waals surface area contributed by atoms with E-state index >= 15 is 0 Å². The maximum absolute atomic E-state index is 10.5. The van der Waals surface area contributed by atoms with E-state index in [0.717, 1.165) is 11.6 Å². The van der Waals surface area contributed by atoms with Crippen LogP contribution in [0, 0.1) is 0 Å². The summed E-state index contributed by atoms with van der Waals surface area (Å²) in [6.07, 6.45) is 5.43. The number of hydrogen-bond acceptors (Lipinski definition) is 5. The SMILES string of the molecule is COc1cc(/C=C/C(=O)O)cc(Cl)c1OCc1cnoc1. The number of nitrogens with zero attached hydrogens (tertiary/aromatic N) is 1. The van der Waals surface area contributed by atoms with E-state index in [4.69, 9.17) is 30.7 Å². The third-order valence-corrected chi connectivity index (χ3v) is 2.82. The molecule has 0 saturated carbocycles. The predicted molar refractivity (Wildman–Crippen MR) is 75.5 cm³/mol. The Morgan fingerprint density at radius 1 is 1.52 bits per heavy atom. The summed E-state index contributed by atoms with van der Waals surface area (Å²) in [6, 6.07) is 3.22. The number of carboxylic acid groups (broad SMARTS) is 1. The molecule has 0 aliphatic rings. The fourth-order valence-corrected chi connectivity index (χ4v) is 1.87. The Kier molecular flexibility index (Phi) is 4.84. The first kappa shape index (κ1) is 14.9. The Hall–Kier alpha value is -2.47. The van der Waals surface area contributed by atoms with Crippen LogP contribution in [0.2, 0.25) is 5.02 Å². The van der Waals surface area contributed by atoms with E-state index in [2.05, 4.69) is 5.16 Å². The molecular weight excluding hydrogens is 298 g/mol. The molecule has 0 aliphatic carbocycles. The highest BCUT2D eigenvalue weighted by atomic mass is 35.5. The third-order valence-electron chi connectivity index (χ3n) is 2.54. The van der Waals surface area contributed by atoms with Crippen LogP contribution in [-0.2, 0) is 11.4 Å². The lowest BCUT2D eigenvalue weighted by atomic mass is 10.2. The summed E-state index contributed by atoms with van der Waals surface area (Å²) < 4.78 is 15.5. The van der Waals surface area contributed by atoms with Gasteiger partial charge in [0.05, 0.1) is 18.3 Å². The molecule has 7 heteroatoms. The monoisotopic (exact) mass is 309 g/mol. The molecule has 0 radical (unpaired) electrons. The van der Waals surface area contributed by atoms with E-state index in [1.807, 2.05) is 0 Å². The molecule has 0 unspecified atom stereocenters. The minimum absolute atomic E-state index is 0.226. The normalized spacial score (nSPS) is 10.8. The number of ether oxygens (including phenoxy) is 2. The molecule has 0 fully saturated rings. The van der Waals surface area contributed by atoms with E-state index in [0.29, 0.717) is 22.1 Å². The summed E-state index contributed by atoms with van der Waals surface area (Å²) in [5.74, 6) is -0.269. The van der Waals surface area contributed by atoms with Gasteiger partial charge in [0.25, 0.3) is 0 Å². The molecule has 1 heterocycles. The topological polar surface area (TPSA) is 81.8 Å². The van der Waals surface area contributed by atoms with Crippen molar-refractivity contribution in [3.05, 3.63) is 46.8 Å². The van der Waals surface area contributed by atoms with Gasteiger partial charge >= 0.3 is 5.97 Å². The molecule has 0 spiro atoms. The number of methoxy groups -OCH3 is 1. The number of benzene rings is 1. The Morgan fingerprint density at radius 2 is 2.33 bits per heavy atom. The summed E-state index contributed by atoms with van der Waals surface area (Å²) in [5, 5.41) is 12.5. The first-order chi connectivity index (χ1) is 10.1. The first-order valence-corrected chi connectivity index (χ1v) is 6.27. The lowest BCUT2D eigenvalue weighted by molar-refractivity contribution is -0.131. The van der Waals surface area contributed by atoms with Gasteiger partial charge in [0, 0.05) is 11.6 Å². The second-order valence-electron chi connectivity index (χ2n) is 4.03. The Morgan fingerprint density at radius 3 is 2.95 bits per heavy atom. The number of aliphatic carboxylic acids is 1. The highest BCUT2D eigenvalue weighted by Crippen LogP contribution is 2.37. The molecule has 0 aliphatic heterocycles. The van der Waals surface area contributed by atoms with E-state index < -0.39 is 5.97 Å². The molecule has 0 amide bonds. The fourth-order valence-electron chi connectivity index (χ4n) is 1.60. The minimum atomic E-state index is -1.04. The molecule has 1 N–H and O–H groups in total. The number of rotatable bonds is 6. The predicted octanol–water partition coefficient (Wildman–Crippen LogP) is 3.01. The maximum atomic E-state index is 10.5. The molecule has 6 nitrogen and oxygen atoms in total. The van der Waals surface area contributed by atoms with Crippen LogP contribution in [-0.4, -0.2) is 23.3 Å². The zero-order chi connectivity index (χ0) is 15.2. The molecular formula is C14H12ClNO5. The third kappa shape index (κ3) is 4.00. The zero-order valence-electron chi connectivity index (χ0n) is 11.1. The second kappa shape index (κ2) is 6.81. The fraction of sp³-hybridized carbons (Fsp3) is 0.143. The zero-order valence-corrected chi connectivity index (χ0v) is 11.8. The van der Waals surface area contributed by atoms with Gasteiger partial charge in [-0.2, -0.15) is 0 Å². The van der Waals surface area contributed by atoms with Gasteiger partial charge in [0.2, 0.25) is 0 Å². The molecule has 0 bridgehead atoms. The number of halogens is 1.